The van der Waals surface area contributed by atoms with Gasteiger partial charge in [0.15, 0.2) is 9.84 Å². The lowest BCUT2D eigenvalue weighted by molar-refractivity contribution is -0.134. The summed E-state index contributed by atoms with van der Waals surface area (Å²) in [4.78, 5) is 13.3. The van der Waals surface area contributed by atoms with E-state index in [1.807, 2.05) is 0 Å². The molecule has 1 fully saturated rings. The van der Waals surface area contributed by atoms with Crippen molar-refractivity contribution in [1.82, 2.24) is 4.90 Å². The van der Waals surface area contributed by atoms with E-state index in [2.05, 4.69) is 6.58 Å². The number of benzene rings is 1. The molecule has 1 heterocycles. The number of halogens is 1. The maximum Gasteiger partial charge on any atom is 0.222 e. The van der Waals surface area contributed by atoms with Crippen molar-refractivity contribution >= 4 is 15.7 Å². The number of carbonyl (C=O) groups is 1. The Balaban J connectivity index is 1.99. The van der Waals surface area contributed by atoms with Gasteiger partial charge in [0, 0.05) is 19.5 Å². The third kappa shape index (κ3) is 2.90. The van der Waals surface area contributed by atoms with Crippen LogP contribution in [-0.4, -0.2) is 37.6 Å². The molecular weight excluding hydrogens is 281 g/mol. The standard InChI is InChI=1S/C14H16FNO3S/c1-2-3-4-14(17)16-9-13(10-16)20(18,19)12-7-5-11(15)6-8-12/h2,5-8,13H,1,3-4,9-10H2. The van der Waals surface area contributed by atoms with Gasteiger partial charge in [0.25, 0.3) is 0 Å². The average Bonchev–Trinajstić information content (AvgIpc) is 2.34. The number of carbonyl (C=O) groups excluding carboxylic acids is 1. The topological polar surface area (TPSA) is 54.5 Å². The van der Waals surface area contributed by atoms with E-state index >= 15 is 0 Å². The second-order valence-corrected chi connectivity index (χ2v) is 6.98. The molecule has 1 aliphatic rings. The largest absolute Gasteiger partial charge is 0.340 e. The maximum absolute atomic E-state index is 12.8. The summed E-state index contributed by atoms with van der Waals surface area (Å²) in [5.74, 6) is -0.533. The molecule has 0 saturated carbocycles. The molecule has 0 N–H and O–H groups in total. The van der Waals surface area contributed by atoms with Crippen LogP contribution in [0.25, 0.3) is 0 Å². The first kappa shape index (κ1) is 14.7. The van der Waals surface area contributed by atoms with Crippen molar-refractivity contribution in [3.05, 3.63) is 42.7 Å². The third-order valence-electron chi connectivity index (χ3n) is 3.34. The molecule has 6 heteroatoms. The van der Waals surface area contributed by atoms with Crippen LogP contribution in [0.3, 0.4) is 0 Å². The van der Waals surface area contributed by atoms with E-state index in [0.717, 1.165) is 12.1 Å². The SMILES string of the molecule is C=CCCC(=O)N1CC(S(=O)(=O)c2ccc(F)cc2)C1. The average molecular weight is 297 g/mol. The molecule has 1 saturated heterocycles. The summed E-state index contributed by atoms with van der Waals surface area (Å²) in [5.41, 5.74) is 0. The molecule has 0 aromatic heterocycles. The maximum atomic E-state index is 12.8. The number of hydrogen-bond donors (Lipinski definition) is 0. The molecular formula is C14H16FNO3S. The van der Waals surface area contributed by atoms with Crippen LogP contribution in [0.4, 0.5) is 4.39 Å². The first-order chi connectivity index (χ1) is 9.45. The summed E-state index contributed by atoms with van der Waals surface area (Å²) in [5, 5.41) is -0.597. The van der Waals surface area contributed by atoms with Crippen molar-refractivity contribution in [3.8, 4) is 0 Å². The molecule has 108 valence electrons. The summed E-state index contributed by atoms with van der Waals surface area (Å²) < 4.78 is 37.3. The third-order valence-corrected chi connectivity index (χ3v) is 5.45. The van der Waals surface area contributed by atoms with Gasteiger partial charge in [0.05, 0.1) is 4.90 Å². The molecule has 4 nitrogen and oxygen atoms in total. The van der Waals surface area contributed by atoms with Gasteiger partial charge in [-0.1, -0.05) is 6.08 Å². The van der Waals surface area contributed by atoms with Crippen LogP contribution < -0.4 is 0 Å². The quantitative estimate of drug-likeness (QED) is 0.615. The Labute approximate surface area is 117 Å². The van der Waals surface area contributed by atoms with Crippen molar-refractivity contribution < 1.29 is 17.6 Å². The minimum Gasteiger partial charge on any atom is -0.340 e. The molecule has 0 aliphatic carbocycles. The van der Waals surface area contributed by atoms with E-state index < -0.39 is 20.9 Å². The van der Waals surface area contributed by atoms with Crippen LogP contribution >= 0.6 is 0 Å². The molecule has 1 aromatic carbocycles. The van der Waals surface area contributed by atoms with Crippen molar-refractivity contribution in [3.63, 3.8) is 0 Å². The van der Waals surface area contributed by atoms with E-state index in [-0.39, 0.29) is 23.9 Å². The lowest BCUT2D eigenvalue weighted by atomic mass is 10.2. The number of allylic oxidation sites excluding steroid dienone is 1. The van der Waals surface area contributed by atoms with Crippen molar-refractivity contribution in [2.45, 2.75) is 23.0 Å². The Kier molecular flexibility index (Phi) is 4.23. The monoisotopic (exact) mass is 297 g/mol. The van der Waals surface area contributed by atoms with E-state index in [1.54, 1.807) is 6.08 Å². The number of nitrogens with zero attached hydrogens (tertiary/aromatic N) is 1. The number of sulfone groups is 1. The van der Waals surface area contributed by atoms with Gasteiger partial charge in [-0.05, 0) is 30.7 Å². The summed E-state index contributed by atoms with van der Waals surface area (Å²) in [6, 6.07) is 4.76. The summed E-state index contributed by atoms with van der Waals surface area (Å²) in [6.07, 6.45) is 2.60. The van der Waals surface area contributed by atoms with Gasteiger partial charge in [-0.15, -0.1) is 6.58 Å². The van der Waals surface area contributed by atoms with Gasteiger partial charge in [0.1, 0.15) is 11.1 Å². The fourth-order valence-corrected chi connectivity index (χ4v) is 3.69. The van der Waals surface area contributed by atoms with Crippen LogP contribution in [0.5, 0.6) is 0 Å². The van der Waals surface area contributed by atoms with Gasteiger partial charge < -0.3 is 4.90 Å². The molecule has 0 bridgehead atoms. The van der Waals surface area contributed by atoms with Crippen LogP contribution in [0.1, 0.15) is 12.8 Å². The fourth-order valence-electron chi connectivity index (χ4n) is 2.04. The Bertz CT molecular complexity index is 604. The summed E-state index contributed by atoms with van der Waals surface area (Å²) in [6.45, 7) is 3.95. The second kappa shape index (κ2) is 5.75. The van der Waals surface area contributed by atoms with Crippen LogP contribution in [0.15, 0.2) is 41.8 Å². The van der Waals surface area contributed by atoms with E-state index in [9.17, 15) is 17.6 Å². The van der Waals surface area contributed by atoms with Crippen LogP contribution in [-0.2, 0) is 14.6 Å². The van der Waals surface area contributed by atoms with Crippen molar-refractivity contribution in [2.24, 2.45) is 0 Å². The Morgan fingerprint density at radius 1 is 1.35 bits per heavy atom. The highest BCUT2D eigenvalue weighted by Crippen LogP contribution is 2.24. The van der Waals surface area contributed by atoms with Gasteiger partial charge in [-0.25, -0.2) is 12.8 Å². The van der Waals surface area contributed by atoms with Gasteiger partial charge in [0.2, 0.25) is 5.91 Å². The van der Waals surface area contributed by atoms with Crippen LogP contribution in [0.2, 0.25) is 0 Å². The molecule has 0 radical (unpaired) electrons. The predicted molar refractivity (Wildman–Crippen MR) is 73.4 cm³/mol. The van der Waals surface area contributed by atoms with Gasteiger partial charge in [-0.2, -0.15) is 0 Å². The minimum absolute atomic E-state index is 0.0598. The zero-order chi connectivity index (χ0) is 14.8. The Hall–Kier alpha value is -1.69. The first-order valence-corrected chi connectivity index (χ1v) is 7.88. The molecule has 0 spiro atoms. The number of hydrogen-bond acceptors (Lipinski definition) is 3. The molecule has 0 unspecified atom stereocenters. The van der Waals surface area contributed by atoms with Crippen molar-refractivity contribution in [2.75, 3.05) is 13.1 Å². The van der Waals surface area contributed by atoms with E-state index in [1.165, 1.54) is 17.0 Å². The van der Waals surface area contributed by atoms with Crippen molar-refractivity contribution in [1.29, 1.82) is 0 Å². The normalized spacial score (nSPS) is 15.8. The number of amides is 1. The molecule has 1 amide bonds. The predicted octanol–water partition coefficient (Wildman–Crippen LogP) is 1.78. The lowest BCUT2D eigenvalue weighted by Crippen LogP contribution is -2.56. The number of rotatable bonds is 5. The first-order valence-electron chi connectivity index (χ1n) is 6.33. The molecule has 2 rings (SSSR count). The van der Waals surface area contributed by atoms with Gasteiger partial charge in [-0.3, -0.25) is 4.79 Å². The zero-order valence-electron chi connectivity index (χ0n) is 11.0. The Morgan fingerprint density at radius 3 is 2.50 bits per heavy atom. The molecule has 0 atom stereocenters. The lowest BCUT2D eigenvalue weighted by Gasteiger charge is -2.38. The molecule has 20 heavy (non-hydrogen) atoms. The van der Waals surface area contributed by atoms with E-state index in [4.69, 9.17) is 0 Å². The fraction of sp³-hybridized carbons (Fsp3) is 0.357. The highest BCUT2D eigenvalue weighted by molar-refractivity contribution is 7.92. The second-order valence-electron chi connectivity index (χ2n) is 4.75. The molecule has 1 aromatic rings. The van der Waals surface area contributed by atoms with Gasteiger partial charge >= 0.3 is 0 Å². The van der Waals surface area contributed by atoms with E-state index in [0.29, 0.717) is 12.8 Å². The smallest absolute Gasteiger partial charge is 0.222 e. The summed E-state index contributed by atoms with van der Waals surface area (Å²) in [7, 11) is -3.49. The highest BCUT2D eigenvalue weighted by Gasteiger charge is 2.40. The van der Waals surface area contributed by atoms with Crippen LogP contribution in [0, 0.1) is 5.82 Å². The highest BCUT2D eigenvalue weighted by atomic mass is 32.2. The summed E-state index contributed by atoms with van der Waals surface area (Å²) >= 11 is 0. The Morgan fingerprint density at radius 2 is 1.95 bits per heavy atom. The minimum atomic E-state index is -3.49. The number of likely N-dealkylation sites (tertiary alicyclic amines) is 1. The zero-order valence-corrected chi connectivity index (χ0v) is 11.8. The molecule has 1 aliphatic heterocycles.